The summed E-state index contributed by atoms with van der Waals surface area (Å²) in [6, 6.07) is 0. The van der Waals surface area contributed by atoms with Crippen LogP contribution in [0.2, 0.25) is 0 Å². The topological polar surface area (TPSA) is 36.9 Å². The van der Waals surface area contributed by atoms with E-state index in [1.807, 2.05) is 13.8 Å². The molecule has 0 aromatic heterocycles. The Morgan fingerprint density at radius 1 is 1.24 bits per heavy atom. The Morgan fingerprint density at radius 3 is 2.59 bits per heavy atom. The van der Waals surface area contributed by atoms with Crippen LogP contribution in [0.5, 0.6) is 0 Å². The van der Waals surface area contributed by atoms with Crippen LogP contribution in [0.25, 0.3) is 0 Å². The van der Waals surface area contributed by atoms with Gasteiger partial charge >= 0.3 is 0 Å². The average molecular weight is 246 g/mol. The highest BCUT2D eigenvalue weighted by atomic mass is 16.7. The van der Waals surface area contributed by atoms with Crippen molar-refractivity contribution in [2.24, 2.45) is 0 Å². The molecule has 1 fully saturated rings. The van der Waals surface area contributed by atoms with Gasteiger partial charge in [-0.3, -0.25) is 0 Å². The molecule has 0 amide bonds. The van der Waals surface area contributed by atoms with E-state index in [1.165, 1.54) is 0 Å². The highest BCUT2D eigenvalue weighted by Crippen LogP contribution is 2.36. The molecule has 102 valence electrons. The minimum Gasteiger partial charge on any atom is -0.353 e. The fourth-order valence-corrected chi connectivity index (χ4v) is 2.14. The van der Waals surface area contributed by atoms with Crippen LogP contribution < -0.4 is 0 Å². The van der Waals surface area contributed by atoms with Crippen LogP contribution in [-0.4, -0.2) is 38.5 Å². The highest BCUT2D eigenvalue weighted by molar-refractivity contribution is 4.83. The largest absolute Gasteiger partial charge is 0.353 e. The second-order valence-electron chi connectivity index (χ2n) is 4.66. The van der Waals surface area contributed by atoms with Gasteiger partial charge in [-0.1, -0.05) is 13.3 Å². The van der Waals surface area contributed by atoms with Gasteiger partial charge < -0.3 is 18.9 Å². The molecule has 17 heavy (non-hydrogen) atoms. The van der Waals surface area contributed by atoms with Crippen molar-refractivity contribution in [3.63, 3.8) is 0 Å². The van der Waals surface area contributed by atoms with Crippen molar-refractivity contribution in [1.29, 1.82) is 0 Å². The van der Waals surface area contributed by atoms with Gasteiger partial charge in [0, 0.05) is 20.1 Å². The quantitative estimate of drug-likeness (QED) is 0.511. The van der Waals surface area contributed by atoms with Crippen molar-refractivity contribution < 1.29 is 18.9 Å². The van der Waals surface area contributed by atoms with E-state index in [2.05, 4.69) is 6.92 Å². The van der Waals surface area contributed by atoms with Gasteiger partial charge in [0.1, 0.15) is 0 Å². The maximum atomic E-state index is 5.97. The van der Waals surface area contributed by atoms with Gasteiger partial charge in [-0.25, -0.2) is 0 Å². The molecule has 1 heterocycles. The molecule has 1 rings (SSSR count). The van der Waals surface area contributed by atoms with Gasteiger partial charge in [0.05, 0.1) is 19.6 Å². The first kappa shape index (κ1) is 14.9. The minimum atomic E-state index is -0.598. The van der Waals surface area contributed by atoms with E-state index in [0.29, 0.717) is 19.6 Å². The Kier molecular flexibility index (Phi) is 5.86. The number of hydrogen-bond donors (Lipinski definition) is 0. The Labute approximate surface area is 105 Å². The third-order valence-electron chi connectivity index (χ3n) is 3.18. The number of unbranched alkanes of at least 4 members (excludes halogenated alkanes) is 1. The SMILES string of the molecule is CCCCOC1(OCC)CCOC(C)(OC)C1. The van der Waals surface area contributed by atoms with Gasteiger partial charge in [0.15, 0.2) is 11.6 Å². The molecule has 0 radical (unpaired) electrons. The number of rotatable bonds is 7. The van der Waals surface area contributed by atoms with E-state index in [0.717, 1.165) is 25.9 Å². The molecule has 2 unspecified atom stereocenters. The zero-order valence-corrected chi connectivity index (χ0v) is 11.6. The summed E-state index contributed by atoms with van der Waals surface area (Å²) in [7, 11) is 1.66. The molecular weight excluding hydrogens is 220 g/mol. The molecular formula is C13H26O4. The van der Waals surface area contributed by atoms with E-state index >= 15 is 0 Å². The van der Waals surface area contributed by atoms with Gasteiger partial charge in [0.25, 0.3) is 0 Å². The maximum Gasteiger partial charge on any atom is 0.175 e. The molecule has 1 saturated heterocycles. The molecule has 2 atom stereocenters. The summed E-state index contributed by atoms with van der Waals surface area (Å²) in [6.07, 6.45) is 3.57. The molecule has 0 aliphatic carbocycles. The lowest BCUT2D eigenvalue weighted by atomic mass is 9.99. The van der Waals surface area contributed by atoms with Crippen LogP contribution in [0.1, 0.15) is 46.5 Å². The molecule has 0 bridgehead atoms. The van der Waals surface area contributed by atoms with Gasteiger partial charge in [-0.15, -0.1) is 0 Å². The molecule has 0 N–H and O–H groups in total. The Balaban J connectivity index is 2.62. The summed E-state index contributed by atoms with van der Waals surface area (Å²) in [5.74, 6) is -1.13. The molecule has 1 aliphatic heterocycles. The minimum absolute atomic E-state index is 0.535. The third kappa shape index (κ3) is 4.21. The summed E-state index contributed by atoms with van der Waals surface area (Å²) in [4.78, 5) is 0. The number of hydrogen-bond acceptors (Lipinski definition) is 4. The van der Waals surface area contributed by atoms with Crippen LogP contribution >= 0.6 is 0 Å². The second kappa shape index (κ2) is 6.69. The predicted molar refractivity (Wildman–Crippen MR) is 65.8 cm³/mol. The van der Waals surface area contributed by atoms with Crippen LogP contribution in [0.3, 0.4) is 0 Å². The van der Waals surface area contributed by atoms with Crippen LogP contribution in [0, 0.1) is 0 Å². The summed E-state index contributed by atoms with van der Waals surface area (Å²) in [6.45, 7) is 8.06. The first-order valence-corrected chi connectivity index (χ1v) is 6.57. The van der Waals surface area contributed by atoms with E-state index in [-0.39, 0.29) is 0 Å². The lowest BCUT2D eigenvalue weighted by Gasteiger charge is -2.44. The third-order valence-corrected chi connectivity index (χ3v) is 3.18. The molecule has 1 aliphatic rings. The Bertz CT molecular complexity index is 217. The molecule has 0 aromatic carbocycles. The maximum absolute atomic E-state index is 5.97. The van der Waals surface area contributed by atoms with Crippen LogP contribution in [0.15, 0.2) is 0 Å². The zero-order chi connectivity index (χ0) is 12.8. The van der Waals surface area contributed by atoms with E-state index in [4.69, 9.17) is 18.9 Å². The monoisotopic (exact) mass is 246 g/mol. The number of methoxy groups -OCH3 is 1. The number of ether oxygens (including phenoxy) is 4. The summed E-state index contributed by atoms with van der Waals surface area (Å²) < 4.78 is 22.8. The van der Waals surface area contributed by atoms with Crippen LogP contribution in [0.4, 0.5) is 0 Å². The highest BCUT2D eigenvalue weighted by Gasteiger charge is 2.45. The average Bonchev–Trinajstić information content (AvgIpc) is 2.30. The fourth-order valence-electron chi connectivity index (χ4n) is 2.14. The first-order chi connectivity index (χ1) is 8.10. The van der Waals surface area contributed by atoms with Crippen LogP contribution in [-0.2, 0) is 18.9 Å². The van der Waals surface area contributed by atoms with E-state index < -0.39 is 11.6 Å². The summed E-state index contributed by atoms with van der Waals surface area (Å²) in [5, 5.41) is 0. The lowest BCUT2D eigenvalue weighted by Crippen LogP contribution is -2.51. The van der Waals surface area contributed by atoms with Gasteiger partial charge in [-0.2, -0.15) is 0 Å². The lowest BCUT2D eigenvalue weighted by molar-refractivity contribution is -0.341. The van der Waals surface area contributed by atoms with Crippen molar-refractivity contribution in [3.05, 3.63) is 0 Å². The zero-order valence-electron chi connectivity index (χ0n) is 11.6. The van der Waals surface area contributed by atoms with Crippen molar-refractivity contribution in [1.82, 2.24) is 0 Å². The van der Waals surface area contributed by atoms with Crippen molar-refractivity contribution >= 4 is 0 Å². The van der Waals surface area contributed by atoms with E-state index in [9.17, 15) is 0 Å². The first-order valence-electron chi connectivity index (χ1n) is 6.57. The Morgan fingerprint density at radius 2 is 2.00 bits per heavy atom. The second-order valence-corrected chi connectivity index (χ2v) is 4.66. The standard InChI is InChI=1S/C13H26O4/c1-5-7-9-17-13(15-6-2)8-10-16-12(3,11-13)14-4/h5-11H2,1-4H3. The van der Waals surface area contributed by atoms with Gasteiger partial charge in [-0.05, 0) is 20.3 Å². The molecule has 4 heteroatoms. The summed E-state index contributed by atoms with van der Waals surface area (Å²) >= 11 is 0. The van der Waals surface area contributed by atoms with Crippen molar-refractivity contribution in [2.75, 3.05) is 26.9 Å². The molecule has 4 nitrogen and oxygen atoms in total. The van der Waals surface area contributed by atoms with Crippen molar-refractivity contribution in [3.8, 4) is 0 Å². The smallest absolute Gasteiger partial charge is 0.175 e. The predicted octanol–water partition coefficient (Wildman–Crippen LogP) is 2.71. The molecule has 0 saturated carbocycles. The molecule has 0 aromatic rings. The normalized spacial score (nSPS) is 33.9. The Hall–Kier alpha value is -0.160. The fraction of sp³-hybridized carbons (Fsp3) is 1.00. The van der Waals surface area contributed by atoms with E-state index in [1.54, 1.807) is 7.11 Å². The van der Waals surface area contributed by atoms with Gasteiger partial charge in [0.2, 0.25) is 0 Å². The summed E-state index contributed by atoms with van der Waals surface area (Å²) in [5.41, 5.74) is 0. The molecule has 0 spiro atoms. The van der Waals surface area contributed by atoms with Crippen molar-refractivity contribution in [2.45, 2.75) is 58.0 Å².